The SMILES string of the molecule is C.CC(C)NCC1CCN(C(C)C)CC1. The van der Waals surface area contributed by atoms with Crippen LogP contribution >= 0.6 is 0 Å². The van der Waals surface area contributed by atoms with Crippen molar-refractivity contribution in [2.24, 2.45) is 5.92 Å². The molecule has 0 atom stereocenters. The van der Waals surface area contributed by atoms with E-state index in [0.717, 1.165) is 12.0 Å². The minimum absolute atomic E-state index is 0. The first kappa shape index (κ1) is 14.9. The molecule has 0 unspecified atom stereocenters. The summed E-state index contributed by atoms with van der Waals surface area (Å²) in [5.41, 5.74) is 0. The minimum Gasteiger partial charge on any atom is -0.314 e. The summed E-state index contributed by atoms with van der Waals surface area (Å²) >= 11 is 0. The van der Waals surface area contributed by atoms with E-state index in [1.165, 1.54) is 32.5 Å². The third-order valence-corrected chi connectivity index (χ3v) is 3.19. The summed E-state index contributed by atoms with van der Waals surface area (Å²) in [6.07, 6.45) is 2.75. The van der Waals surface area contributed by atoms with Gasteiger partial charge in [-0.1, -0.05) is 21.3 Å². The highest BCUT2D eigenvalue weighted by molar-refractivity contribution is 4.76. The van der Waals surface area contributed by atoms with Gasteiger partial charge in [-0.05, 0) is 52.2 Å². The molecule has 0 aromatic heterocycles. The van der Waals surface area contributed by atoms with Crippen molar-refractivity contribution < 1.29 is 0 Å². The van der Waals surface area contributed by atoms with Gasteiger partial charge in [0.2, 0.25) is 0 Å². The molecule has 0 aromatic rings. The third-order valence-electron chi connectivity index (χ3n) is 3.19. The predicted molar refractivity (Wildman–Crippen MR) is 69.3 cm³/mol. The number of likely N-dealkylation sites (tertiary alicyclic amines) is 1. The Morgan fingerprint density at radius 2 is 1.67 bits per heavy atom. The van der Waals surface area contributed by atoms with Gasteiger partial charge in [0.1, 0.15) is 0 Å². The average Bonchev–Trinajstić information content (AvgIpc) is 2.15. The van der Waals surface area contributed by atoms with E-state index in [0.29, 0.717) is 6.04 Å². The summed E-state index contributed by atoms with van der Waals surface area (Å²) in [4.78, 5) is 2.59. The van der Waals surface area contributed by atoms with Crippen LogP contribution in [0.1, 0.15) is 48.0 Å². The lowest BCUT2D eigenvalue weighted by Crippen LogP contribution is -2.41. The molecular weight excluding hydrogens is 184 g/mol. The molecule has 0 aliphatic carbocycles. The maximum Gasteiger partial charge on any atom is 0.00385 e. The maximum atomic E-state index is 3.54. The second-order valence-corrected chi connectivity index (χ2v) is 5.14. The van der Waals surface area contributed by atoms with Crippen molar-refractivity contribution in [1.29, 1.82) is 0 Å². The monoisotopic (exact) mass is 214 g/mol. The van der Waals surface area contributed by atoms with Crippen LogP contribution < -0.4 is 5.32 Å². The molecule has 1 aliphatic rings. The molecule has 1 aliphatic heterocycles. The number of rotatable bonds is 4. The Morgan fingerprint density at radius 1 is 1.13 bits per heavy atom. The first-order chi connectivity index (χ1) is 6.59. The Balaban J connectivity index is 0.00000196. The van der Waals surface area contributed by atoms with Gasteiger partial charge < -0.3 is 10.2 Å². The molecule has 0 radical (unpaired) electrons. The van der Waals surface area contributed by atoms with Crippen LogP contribution in [-0.2, 0) is 0 Å². The van der Waals surface area contributed by atoms with Crippen LogP contribution in [0.25, 0.3) is 0 Å². The van der Waals surface area contributed by atoms with Gasteiger partial charge in [-0.3, -0.25) is 0 Å². The van der Waals surface area contributed by atoms with Crippen LogP contribution in [-0.4, -0.2) is 36.6 Å². The molecule has 0 bridgehead atoms. The Bertz CT molecular complexity index is 147. The van der Waals surface area contributed by atoms with Crippen molar-refractivity contribution >= 4 is 0 Å². The summed E-state index contributed by atoms with van der Waals surface area (Å²) in [6.45, 7) is 12.8. The Labute approximate surface area is 96.4 Å². The van der Waals surface area contributed by atoms with Crippen molar-refractivity contribution in [2.75, 3.05) is 19.6 Å². The zero-order chi connectivity index (χ0) is 10.6. The van der Waals surface area contributed by atoms with Gasteiger partial charge in [-0.15, -0.1) is 0 Å². The number of hydrogen-bond acceptors (Lipinski definition) is 2. The summed E-state index contributed by atoms with van der Waals surface area (Å²) in [5.74, 6) is 0.910. The van der Waals surface area contributed by atoms with E-state index < -0.39 is 0 Å². The average molecular weight is 214 g/mol. The van der Waals surface area contributed by atoms with E-state index in [9.17, 15) is 0 Å². The lowest BCUT2D eigenvalue weighted by Gasteiger charge is -2.34. The number of nitrogens with zero attached hydrogens (tertiary/aromatic N) is 1. The third kappa shape index (κ3) is 5.53. The van der Waals surface area contributed by atoms with Gasteiger partial charge in [0.15, 0.2) is 0 Å². The van der Waals surface area contributed by atoms with Gasteiger partial charge in [0, 0.05) is 12.1 Å². The van der Waals surface area contributed by atoms with Crippen molar-refractivity contribution in [3.63, 3.8) is 0 Å². The summed E-state index contributed by atoms with van der Waals surface area (Å²) < 4.78 is 0. The van der Waals surface area contributed by atoms with E-state index in [-0.39, 0.29) is 7.43 Å². The first-order valence-corrected chi connectivity index (χ1v) is 6.07. The zero-order valence-corrected chi connectivity index (χ0v) is 10.2. The van der Waals surface area contributed by atoms with Crippen molar-refractivity contribution in [3.8, 4) is 0 Å². The molecule has 2 nitrogen and oxygen atoms in total. The summed E-state index contributed by atoms with van der Waals surface area (Å²) in [6, 6.07) is 1.37. The fraction of sp³-hybridized carbons (Fsp3) is 1.00. The Kier molecular flexibility index (Phi) is 7.20. The van der Waals surface area contributed by atoms with Crippen LogP contribution in [0.5, 0.6) is 0 Å². The molecule has 0 spiro atoms. The molecule has 0 amide bonds. The molecule has 1 saturated heterocycles. The quantitative estimate of drug-likeness (QED) is 0.774. The highest BCUT2D eigenvalue weighted by Gasteiger charge is 2.20. The van der Waals surface area contributed by atoms with Gasteiger partial charge in [-0.25, -0.2) is 0 Å². The van der Waals surface area contributed by atoms with Crippen molar-refractivity contribution in [1.82, 2.24) is 10.2 Å². The van der Waals surface area contributed by atoms with Crippen molar-refractivity contribution in [2.45, 2.75) is 60.0 Å². The second kappa shape index (κ2) is 7.24. The molecule has 1 fully saturated rings. The van der Waals surface area contributed by atoms with Gasteiger partial charge >= 0.3 is 0 Å². The smallest absolute Gasteiger partial charge is 0.00385 e. The fourth-order valence-corrected chi connectivity index (χ4v) is 2.08. The lowest BCUT2D eigenvalue weighted by atomic mass is 9.96. The molecule has 1 rings (SSSR count). The normalized spacial score (nSPS) is 19.6. The molecule has 1 N–H and O–H groups in total. The number of nitrogens with one attached hydrogen (secondary N) is 1. The summed E-state index contributed by atoms with van der Waals surface area (Å²) in [5, 5.41) is 3.54. The Hall–Kier alpha value is -0.0800. The fourth-order valence-electron chi connectivity index (χ4n) is 2.08. The molecule has 0 saturated carbocycles. The number of piperidine rings is 1. The highest BCUT2D eigenvalue weighted by Crippen LogP contribution is 2.18. The zero-order valence-electron chi connectivity index (χ0n) is 10.2. The molecular formula is C13H30N2. The summed E-state index contributed by atoms with van der Waals surface area (Å²) in [7, 11) is 0. The largest absolute Gasteiger partial charge is 0.314 e. The molecule has 15 heavy (non-hydrogen) atoms. The van der Waals surface area contributed by atoms with Crippen LogP contribution in [0.15, 0.2) is 0 Å². The van der Waals surface area contributed by atoms with E-state index in [1.807, 2.05) is 0 Å². The standard InChI is InChI=1S/C12H26N2.CH4/c1-10(2)13-9-12-5-7-14(8-6-12)11(3)4;/h10-13H,5-9H2,1-4H3;1H4. The van der Waals surface area contributed by atoms with Crippen LogP contribution in [0.3, 0.4) is 0 Å². The molecule has 1 heterocycles. The molecule has 2 heteroatoms. The van der Waals surface area contributed by atoms with Gasteiger partial charge in [-0.2, -0.15) is 0 Å². The highest BCUT2D eigenvalue weighted by atomic mass is 15.1. The Morgan fingerprint density at radius 3 is 2.07 bits per heavy atom. The minimum atomic E-state index is 0. The van der Waals surface area contributed by atoms with Gasteiger partial charge in [0.05, 0.1) is 0 Å². The van der Waals surface area contributed by atoms with Crippen LogP contribution in [0, 0.1) is 5.92 Å². The van der Waals surface area contributed by atoms with E-state index in [4.69, 9.17) is 0 Å². The lowest BCUT2D eigenvalue weighted by molar-refractivity contribution is 0.147. The van der Waals surface area contributed by atoms with E-state index in [2.05, 4.69) is 37.9 Å². The first-order valence-electron chi connectivity index (χ1n) is 6.07. The van der Waals surface area contributed by atoms with Crippen LogP contribution in [0.2, 0.25) is 0 Å². The van der Waals surface area contributed by atoms with E-state index >= 15 is 0 Å². The topological polar surface area (TPSA) is 15.3 Å². The maximum absolute atomic E-state index is 3.54. The van der Waals surface area contributed by atoms with Gasteiger partial charge in [0.25, 0.3) is 0 Å². The molecule has 92 valence electrons. The van der Waals surface area contributed by atoms with E-state index in [1.54, 1.807) is 0 Å². The number of hydrogen-bond donors (Lipinski definition) is 1. The van der Waals surface area contributed by atoms with Crippen molar-refractivity contribution in [3.05, 3.63) is 0 Å². The molecule has 0 aromatic carbocycles. The second-order valence-electron chi connectivity index (χ2n) is 5.14. The van der Waals surface area contributed by atoms with Crippen LogP contribution in [0.4, 0.5) is 0 Å². The predicted octanol–water partition coefficient (Wildman–Crippen LogP) is 2.74.